The molecule has 0 spiro atoms. The maximum Gasteiger partial charge on any atom is 0.194 e. The molecule has 0 saturated carbocycles. The average Bonchev–Trinajstić information content (AvgIpc) is 2.63. The molecule has 0 aromatic heterocycles. The van der Waals surface area contributed by atoms with E-state index < -0.39 is 14.6 Å². The Kier molecular flexibility index (Phi) is 9.68. The molecule has 1 aromatic rings. The van der Waals surface area contributed by atoms with Crippen LogP contribution >= 0.6 is 24.0 Å². The number of ether oxygens (including phenoxy) is 1. The number of hydrogen-bond donors (Lipinski definition) is 1. The Hall–Kier alpha value is -1.07. The number of hydrogen-bond acceptors (Lipinski definition) is 5. The number of guanidine groups is 1. The molecule has 0 bridgehead atoms. The van der Waals surface area contributed by atoms with Crippen molar-refractivity contribution in [2.45, 2.75) is 31.6 Å². The molecule has 1 unspecified atom stereocenters. The number of nitrogens with zero attached hydrogens (tertiary/aromatic N) is 3. The Bertz CT molecular complexity index is 797. The predicted octanol–water partition coefficient (Wildman–Crippen LogP) is 2.39. The molecule has 1 atom stereocenters. The lowest BCUT2D eigenvalue weighted by molar-refractivity contribution is 0.292. The first-order valence-electron chi connectivity index (χ1n) is 9.68. The van der Waals surface area contributed by atoms with E-state index in [1.165, 1.54) is 0 Å². The van der Waals surface area contributed by atoms with Gasteiger partial charge in [0.1, 0.15) is 5.75 Å². The van der Waals surface area contributed by atoms with Gasteiger partial charge in [0.05, 0.1) is 30.2 Å². The molecule has 166 valence electrons. The van der Waals surface area contributed by atoms with Crippen molar-refractivity contribution >= 4 is 39.8 Å². The third-order valence-corrected chi connectivity index (χ3v) is 7.75. The summed E-state index contributed by atoms with van der Waals surface area (Å²) < 4.78 is 29.4. The quantitative estimate of drug-likeness (QED) is 0.341. The fourth-order valence-electron chi connectivity index (χ4n) is 3.40. The van der Waals surface area contributed by atoms with E-state index in [-0.39, 0.29) is 35.8 Å². The fraction of sp³-hybridized carbons (Fsp3) is 0.650. The molecular weight excluding hydrogens is 503 g/mol. The number of aliphatic imine (C=N–C) groups is 1. The standard InChI is InChI=1S/C20H34N4O3S.HI/c1-7-21-19(24-12-13-28(25,26)20(2,3)15-24)22-14-17(23(4)5)16-10-8-9-11-18(16)27-6;/h8-11,17H,7,12-15H2,1-6H3,(H,21,22);1H. The maximum atomic E-state index is 12.3. The maximum absolute atomic E-state index is 12.3. The molecule has 1 aliphatic heterocycles. The molecule has 1 fully saturated rings. The van der Waals surface area contributed by atoms with Gasteiger partial charge in [-0.05, 0) is 40.9 Å². The highest BCUT2D eigenvalue weighted by Crippen LogP contribution is 2.28. The minimum absolute atomic E-state index is 0. The summed E-state index contributed by atoms with van der Waals surface area (Å²) in [6.45, 7) is 7.75. The summed E-state index contributed by atoms with van der Waals surface area (Å²) in [5.74, 6) is 1.74. The van der Waals surface area contributed by atoms with E-state index in [1.54, 1.807) is 21.0 Å². The number of likely N-dealkylation sites (N-methyl/N-ethyl adjacent to an activating group) is 1. The van der Waals surface area contributed by atoms with Crippen molar-refractivity contribution in [1.29, 1.82) is 0 Å². The van der Waals surface area contributed by atoms with Crippen LogP contribution in [0.4, 0.5) is 0 Å². The van der Waals surface area contributed by atoms with Gasteiger partial charge < -0.3 is 19.9 Å². The zero-order chi connectivity index (χ0) is 20.9. The van der Waals surface area contributed by atoms with Crippen molar-refractivity contribution in [1.82, 2.24) is 15.1 Å². The van der Waals surface area contributed by atoms with E-state index in [2.05, 4.69) is 21.2 Å². The van der Waals surface area contributed by atoms with Gasteiger partial charge >= 0.3 is 0 Å². The number of halogens is 1. The van der Waals surface area contributed by atoms with Crippen LogP contribution in [0.2, 0.25) is 0 Å². The summed E-state index contributed by atoms with van der Waals surface area (Å²) in [7, 11) is 2.64. The third-order valence-electron chi connectivity index (χ3n) is 5.21. The Labute approximate surface area is 192 Å². The van der Waals surface area contributed by atoms with Gasteiger partial charge in [-0.2, -0.15) is 0 Å². The SMILES string of the molecule is CCNC(=NCC(c1ccccc1OC)N(C)C)N1CCS(=O)(=O)C(C)(C)C1.I. The third kappa shape index (κ3) is 6.21. The molecular formula is C20H35IN4O3S. The second-order valence-electron chi connectivity index (χ2n) is 7.92. The topological polar surface area (TPSA) is 74.2 Å². The van der Waals surface area contributed by atoms with Crippen LogP contribution in [0.5, 0.6) is 5.75 Å². The van der Waals surface area contributed by atoms with Gasteiger partial charge in [-0.25, -0.2) is 8.42 Å². The molecule has 1 N–H and O–H groups in total. The van der Waals surface area contributed by atoms with Crippen molar-refractivity contribution in [2.75, 3.05) is 53.1 Å². The van der Waals surface area contributed by atoms with Crippen molar-refractivity contribution in [2.24, 2.45) is 4.99 Å². The van der Waals surface area contributed by atoms with E-state index in [4.69, 9.17) is 9.73 Å². The van der Waals surface area contributed by atoms with E-state index in [9.17, 15) is 8.42 Å². The average molecular weight is 538 g/mol. The highest BCUT2D eigenvalue weighted by Gasteiger charge is 2.41. The molecule has 0 radical (unpaired) electrons. The number of sulfone groups is 1. The summed E-state index contributed by atoms with van der Waals surface area (Å²) >= 11 is 0. The Morgan fingerprint density at radius 2 is 2.00 bits per heavy atom. The van der Waals surface area contributed by atoms with Crippen LogP contribution in [0, 0.1) is 0 Å². The van der Waals surface area contributed by atoms with Gasteiger partial charge in [0, 0.05) is 25.2 Å². The molecule has 9 heteroatoms. The van der Waals surface area contributed by atoms with Crippen molar-refractivity contribution in [3.63, 3.8) is 0 Å². The monoisotopic (exact) mass is 538 g/mol. The van der Waals surface area contributed by atoms with Crippen LogP contribution < -0.4 is 10.1 Å². The number of methoxy groups -OCH3 is 1. The van der Waals surface area contributed by atoms with E-state index in [0.29, 0.717) is 19.6 Å². The summed E-state index contributed by atoms with van der Waals surface area (Å²) in [5, 5.41) is 3.32. The molecule has 29 heavy (non-hydrogen) atoms. The summed E-state index contributed by atoms with van der Waals surface area (Å²) in [6, 6.07) is 8.02. The first kappa shape index (κ1) is 26.0. The summed E-state index contributed by atoms with van der Waals surface area (Å²) in [4.78, 5) is 9.04. The molecule has 0 amide bonds. The molecule has 1 aliphatic rings. The van der Waals surface area contributed by atoms with Crippen LogP contribution in [0.25, 0.3) is 0 Å². The predicted molar refractivity (Wildman–Crippen MR) is 130 cm³/mol. The van der Waals surface area contributed by atoms with Gasteiger partial charge in [-0.1, -0.05) is 18.2 Å². The largest absolute Gasteiger partial charge is 0.496 e. The molecule has 2 rings (SSSR count). The zero-order valence-electron chi connectivity index (χ0n) is 18.3. The minimum atomic E-state index is -3.09. The second kappa shape index (κ2) is 10.8. The summed E-state index contributed by atoms with van der Waals surface area (Å²) in [5.41, 5.74) is 1.08. The van der Waals surface area contributed by atoms with E-state index >= 15 is 0 Å². The highest BCUT2D eigenvalue weighted by molar-refractivity contribution is 14.0. The van der Waals surface area contributed by atoms with Crippen molar-refractivity contribution in [3.8, 4) is 5.75 Å². The smallest absolute Gasteiger partial charge is 0.194 e. The summed E-state index contributed by atoms with van der Waals surface area (Å²) in [6.07, 6.45) is 0. The molecule has 1 saturated heterocycles. The lowest BCUT2D eigenvalue weighted by atomic mass is 10.0. The van der Waals surface area contributed by atoms with Crippen LogP contribution in [0.15, 0.2) is 29.3 Å². The van der Waals surface area contributed by atoms with Gasteiger partial charge in [0.25, 0.3) is 0 Å². The van der Waals surface area contributed by atoms with Gasteiger partial charge in [-0.15, -0.1) is 24.0 Å². The van der Waals surface area contributed by atoms with Crippen molar-refractivity contribution in [3.05, 3.63) is 29.8 Å². The van der Waals surface area contributed by atoms with E-state index in [0.717, 1.165) is 23.8 Å². The van der Waals surface area contributed by atoms with Crippen molar-refractivity contribution < 1.29 is 13.2 Å². The molecule has 7 nitrogen and oxygen atoms in total. The number of nitrogens with one attached hydrogen (secondary N) is 1. The second-order valence-corrected chi connectivity index (χ2v) is 10.7. The molecule has 1 aromatic carbocycles. The van der Waals surface area contributed by atoms with Gasteiger partial charge in [-0.3, -0.25) is 4.99 Å². The van der Waals surface area contributed by atoms with Gasteiger partial charge in [0.2, 0.25) is 0 Å². The minimum Gasteiger partial charge on any atom is -0.496 e. The highest BCUT2D eigenvalue weighted by atomic mass is 127. The molecule has 0 aliphatic carbocycles. The van der Waals surface area contributed by atoms with Crippen LogP contribution in [-0.2, 0) is 9.84 Å². The van der Waals surface area contributed by atoms with Crippen LogP contribution in [-0.4, -0.2) is 82.1 Å². The van der Waals surface area contributed by atoms with Crippen LogP contribution in [0.1, 0.15) is 32.4 Å². The zero-order valence-corrected chi connectivity index (χ0v) is 21.5. The van der Waals surface area contributed by atoms with Gasteiger partial charge in [0.15, 0.2) is 15.8 Å². The Morgan fingerprint density at radius 3 is 2.55 bits per heavy atom. The van der Waals surface area contributed by atoms with E-state index in [1.807, 2.05) is 39.2 Å². The first-order chi connectivity index (χ1) is 13.1. The van der Waals surface area contributed by atoms with Crippen LogP contribution in [0.3, 0.4) is 0 Å². The first-order valence-corrected chi connectivity index (χ1v) is 11.3. The normalized spacial score (nSPS) is 19.4. The Balaban J connectivity index is 0.00000420. The number of para-hydroxylation sites is 1. The Morgan fingerprint density at radius 1 is 1.34 bits per heavy atom. The number of rotatable bonds is 6. The number of benzene rings is 1. The lowest BCUT2D eigenvalue weighted by Crippen LogP contribution is -2.57. The fourth-order valence-corrected chi connectivity index (χ4v) is 4.77. The lowest BCUT2D eigenvalue weighted by Gasteiger charge is -2.39. The molecule has 1 heterocycles.